The van der Waals surface area contributed by atoms with Crippen molar-refractivity contribution in [2.45, 2.75) is 56.3 Å². The number of hydrogen-bond acceptors (Lipinski definition) is 8. The zero-order valence-corrected chi connectivity index (χ0v) is 22.8. The molecule has 0 radical (unpaired) electrons. The highest BCUT2D eigenvalue weighted by Gasteiger charge is 2.31. The highest BCUT2D eigenvalue weighted by Crippen LogP contribution is 2.19. The minimum atomic E-state index is -1.53. The van der Waals surface area contributed by atoms with E-state index in [1.54, 1.807) is 12.5 Å². The number of aromatic nitrogens is 1. The molecule has 0 spiro atoms. The van der Waals surface area contributed by atoms with Gasteiger partial charge in [-0.1, -0.05) is 18.2 Å². The van der Waals surface area contributed by atoms with Crippen LogP contribution in [0.15, 0.2) is 30.5 Å². The third-order valence-electron chi connectivity index (χ3n) is 6.03. The molecular weight excluding hydrogens is 542 g/mol. The van der Waals surface area contributed by atoms with E-state index in [1.165, 1.54) is 11.8 Å². The standard InChI is InChI=1S/C25H35N7O7S/c1-40-9-8-18(25(38)39)31-24(37)19(11-21(28)34)32-23(36)17(6-7-20(27)33)30-22(35)15(26)10-13-12-29-16-5-3-2-4-14(13)16/h2-5,12,15,17-19,29H,6-11,26H2,1H3,(H2,27,33)(H2,28,34)(H,30,35)(H,31,37)(H,32,36)(H,38,39). The smallest absolute Gasteiger partial charge is 0.326 e. The molecule has 11 N–H and O–H groups in total. The number of aromatic amines is 1. The van der Waals surface area contributed by atoms with Crippen molar-refractivity contribution in [1.82, 2.24) is 20.9 Å². The molecule has 0 saturated carbocycles. The number of benzene rings is 1. The first-order chi connectivity index (χ1) is 18.9. The van der Waals surface area contributed by atoms with Gasteiger partial charge in [-0.05, 0) is 42.9 Å². The lowest BCUT2D eigenvalue weighted by Gasteiger charge is -2.24. The number of primary amides is 2. The molecule has 2 rings (SSSR count). The van der Waals surface area contributed by atoms with Crippen LogP contribution in [0.2, 0.25) is 0 Å². The van der Waals surface area contributed by atoms with Crippen LogP contribution in [-0.4, -0.2) is 81.8 Å². The van der Waals surface area contributed by atoms with Crippen molar-refractivity contribution in [3.05, 3.63) is 36.0 Å². The van der Waals surface area contributed by atoms with Crippen molar-refractivity contribution < 1.29 is 33.9 Å². The van der Waals surface area contributed by atoms with Gasteiger partial charge < -0.3 is 43.2 Å². The molecule has 0 aliphatic rings. The van der Waals surface area contributed by atoms with Crippen LogP contribution in [-0.2, 0) is 35.2 Å². The fraction of sp³-hybridized carbons (Fsp3) is 0.440. The average molecular weight is 578 g/mol. The Labute approximate surface area is 234 Å². The molecule has 0 fully saturated rings. The topological polar surface area (TPSA) is 253 Å². The van der Waals surface area contributed by atoms with E-state index in [0.29, 0.717) is 5.75 Å². The highest BCUT2D eigenvalue weighted by molar-refractivity contribution is 7.98. The number of thioether (sulfide) groups is 1. The van der Waals surface area contributed by atoms with Gasteiger partial charge in [0.15, 0.2) is 0 Å². The van der Waals surface area contributed by atoms with Crippen LogP contribution in [0, 0.1) is 0 Å². The molecule has 0 aliphatic carbocycles. The maximum absolute atomic E-state index is 13.1. The minimum absolute atomic E-state index is 0.102. The summed E-state index contributed by atoms with van der Waals surface area (Å²) in [5.41, 5.74) is 18.2. The molecule has 2 aromatic rings. The molecule has 4 unspecified atom stereocenters. The van der Waals surface area contributed by atoms with Crippen LogP contribution in [0.25, 0.3) is 10.9 Å². The number of rotatable bonds is 17. The predicted octanol–water partition coefficient (Wildman–Crippen LogP) is -1.53. The lowest BCUT2D eigenvalue weighted by molar-refractivity contribution is -0.142. The molecule has 15 heteroatoms. The number of carboxylic acids is 1. The van der Waals surface area contributed by atoms with Gasteiger partial charge in [-0.25, -0.2) is 4.79 Å². The van der Waals surface area contributed by atoms with Gasteiger partial charge in [-0.2, -0.15) is 11.8 Å². The third-order valence-corrected chi connectivity index (χ3v) is 6.67. The number of nitrogens with one attached hydrogen (secondary N) is 4. The normalized spacial score (nSPS) is 13.9. The van der Waals surface area contributed by atoms with Gasteiger partial charge in [0.1, 0.15) is 18.1 Å². The van der Waals surface area contributed by atoms with Crippen LogP contribution >= 0.6 is 11.8 Å². The van der Waals surface area contributed by atoms with Crippen molar-refractivity contribution >= 4 is 58.2 Å². The second kappa shape index (κ2) is 15.5. The van der Waals surface area contributed by atoms with E-state index >= 15 is 0 Å². The predicted molar refractivity (Wildman–Crippen MR) is 149 cm³/mol. The zero-order chi connectivity index (χ0) is 29.8. The summed E-state index contributed by atoms with van der Waals surface area (Å²) in [4.78, 5) is 76.5. The van der Waals surface area contributed by atoms with Gasteiger partial charge in [-0.15, -0.1) is 0 Å². The van der Waals surface area contributed by atoms with Crippen LogP contribution in [0.3, 0.4) is 0 Å². The minimum Gasteiger partial charge on any atom is -0.480 e. The van der Waals surface area contributed by atoms with Crippen LogP contribution in [0.1, 0.15) is 31.2 Å². The van der Waals surface area contributed by atoms with E-state index in [4.69, 9.17) is 17.2 Å². The summed E-state index contributed by atoms with van der Waals surface area (Å²) in [5.74, 6) is -5.09. The second-order valence-corrected chi connectivity index (χ2v) is 10.1. The summed E-state index contributed by atoms with van der Waals surface area (Å²) in [7, 11) is 0. The molecule has 1 aromatic heterocycles. The van der Waals surface area contributed by atoms with Gasteiger partial charge in [0.05, 0.1) is 12.5 Å². The largest absolute Gasteiger partial charge is 0.480 e. The lowest BCUT2D eigenvalue weighted by atomic mass is 10.0. The molecule has 0 bridgehead atoms. The number of fused-ring (bicyclic) bond motifs is 1. The zero-order valence-electron chi connectivity index (χ0n) is 22.0. The van der Waals surface area contributed by atoms with Gasteiger partial charge in [-0.3, -0.25) is 24.0 Å². The molecule has 4 atom stereocenters. The number of carboxylic acid groups (broad SMARTS) is 1. The van der Waals surface area contributed by atoms with Crippen molar-refractivity contribution in [2.75, 3.05) is 12.0 Å². The van der Waals surface area contributed by atoms with Gasteiger partial charge in [0.25, 0.3) is 0 Å². The van der Waals surface area contributed by atoms with Crippen LogP contribution in [0.5, 0.6) is 0 Å². The first kappa shape index (κ1) is 32.1. The Hall–Kier alpha value is -4.11. The molecule has 1 aromatic carbocycles. The number of amides is 5. The Balaban J connectivity index is 2.15. The Kier molecular flexibility index (Phi) is 12.4. The first-order valence-electron chi connectivity index (χ1n) is 12.4. The molecule has 1 heterocycles. The third kappa shape index (κ3) is 9.89. The molecule has 14 nitrogen and oxygen atoms in total. The molecule has 0 aliphatic heterocycles. The summed E-state index contributed by atoms with van der Waals surface area (Å²) in [5, 5.41) is 17.4. The molecule has 0 saturated heterocycles. The van der Waals surface area contributed by atoms with E-state index in [0.717, 1.165) is 16.5 Å². The summed E-state index contributed by atoms with van der Waals surface area (Å²) < 4.78 is 0. The van der Waals surface area contributed by atoms with Crippen LogP contribution < -0.4 is 33.2 Å². The summed E-state index contributed by atoms with van der Waals surface area (Å²) in [6.07, 6.45) is 2.60. The van der Waals surface area contributed by atoms with E-state index in [-0.39, 0.29) is 25.7 Å². The summed E-state index contributed by atoms with van der Waals surface area (Å²) >= 11 is 1.38. The molecule has 40 heavy (non-hydrogen) atoms. The Bertz CT molecular complexity index is 1240. The van der Waals surface area contributed by atoms with Gasteiger partial charge in [0, 0.05) is 23.5 Å². The fourth-order valence-corrected chi connectivity index (χ4v) is 4.38. The van der Waals surface area contributed by atoms with E-state index in [2.05, 4.69) is 20.9 Å². The molecule has 218 valence electrons. The first-order valence-corrected chi connectivity index (χ1v) is 13.8. The highest BCUT2D eigenvalue weighted by atomic mass is 32.2. The number of aliphatic carboxylic acids is 1. The Morgan fingerprint density at radius 3 is 2.15 bits per heavy atom. The van der Waals surface area contributed by atoms with Gasteiger partial charge in [0.2, 0.25) is 29.5 Å². The Morgan fingerprint density at radius 1 is 0.900 bits per heavy atom. The molecule has 5 amide bonds. The second-order valence-electron chi connectivity index (χ2n) is 9.15. The van der Waals surface area contributed by atoms with Gasteiger partial charge >= 0.3 is 5.97 Å². The SMILES string of the molecule is CSCCC(NC(=O)C(CC(N)=O)NC(=O)C(CCC(N)=O)NC(=O)C(N)Cc1c[nH]c2ccccc12)C(=O)O. The number of para-hydroxylation sites is 1. The summed E-state index contributed by atoms with van der Waals surface area (Å²) in [6.45, 7) is 0. The maximum Gasteiger partial charge on any atom is 0.326 e. The van der Waals surface area contributed by atoms with Crippen molar-refractivity contribution in [3.8, 4) is 0 Å². The van der Waals surface area contributed by atoms with Crippen LogP contribution in [0.4, 0.5) is 0 Å². The number of carbonyl (C=O) groups excluding carboxylic acids is 5. The van der Waals surface area contributed by atoms with E-state index in [1.807, 2.05) is 24.3 Å². The lowest BCUT2D eigenvalue weighted by Crippen LogP contribution is -2.58. The number of carbonyl (C=O) groups is 6. The van der Waals surface area contributed by atoms with Crippen molar-refractivity contribution in [1.29, 1.82) is 0 Å². The quantitative estimate of drug-likeness (QED) is 0.108. The summed E-state index contributed by atoms with van der Waals surface area (Å²) in [6, 6.07) is 2.23. The molecular formula is C25H35N7O7S. The number of nitrogens with two attached hydrogens (primary N) is 3. The van der Waals surface area contributed by atoms with Crippen molar-refractivity contribution in [3.63, 3.8) is 0 Å². The fourth-order valence-electron chi connectivity index (χ4n) is 3.91. The average Bonchev–Trinajstić information content (AvgIpc) is 3.30. The monoisotopic (exact) mass is 577 g/mol. The van der Waals surface area contributed by atoms with E-state index < -0.39 is 66.1 Å². The number of H-pyrrole nitrogens is 1. The maximum atomic E-state index is 13.1. The van der Waals surface area contributed by atoms with Crippen molar-refractivity contribution in [2.24, 2.45) is 17.2 Å². The Morgan fingerprint density at radius 2 is 1.52 bits per heavy atom. The van der Waals surface area contributed by atoms with E-state index in [9.17, 15) is 33.9 Å². The number of hydrogen-bond donors (Lipinski definition) is 8.